The van der Waals surface area contributed by atoms with Crippen LogP contribution in [0.25, 0.3) is 15.2 Å². The lowest BCUT2D eigenvalue weighted by Crippen LogP contribution is -2.26. The molecule has 0 radical (unpaired) electrons. The highest BCUT2D eigenvalue weighted by atomic mass is 32.1. The number of rotatable bonds is 2. The van der Waals surface area contributed by atoms with E-state index in [-0.39, 0.29) is 11.5 Å². The van der Waals surface area contributed by atoms with Crippen molar-refractivity contribution in [2.45, 2.75) is 6.42 Å². The summed E-state index contributed by atoms with van der Waals surface area (Å²) in [7, 11) is 0. The van der Waals surface area contributed by atoms with Crippen LogP contribution in [0.3, 0.4) is 0 Å². The molecule has 0 atom stereocenters. The lowest BCUT2D eigenvalue weighted by Gasteiger charge is -2.15. The minimum absolute atomic E-state index is 0.0364. The number of fused-ring (bicyclic) bond motifs is 4. The van der Waals surface area contributed by atoms with E-state index >= 15 is 0 Å². The molecular weight excluding hydrogens is 362 g/mol. The Balaban J connectivity index is 1.67. The number of nitrogens with zero attached hydrogens (tertiary/aromatic N) is 5. The van der Waals surface area contributed by atoms with Crippen LogP contribution in [0.4, 0.5) is 5.95 Å². The highest BCUT2D eigenvalue weighted by Crippen LogP contribution is 2.33. The monoisotopic (exact) mass is 371 g/mol. The number of tetrazole rings is 1. The Kier molecular flexibility index (Phi) is 3.20. The third-order valence-electron chi connectivity index (χ3n) is 3.94. The van der Waals surface area contributed by atoms with E-state index in [4.69, 9.17) is 9.78 Å². The number of benzene rings is 1. The molecule has 0 saturated carbocycles. The fraction of sp³-hybridized carbons (Fsp3) is 0.143. The maximum atomic E-state index is 12.9. The van der Waals surface area contributed by atoms with Crippen LogP contribution in [-0.2, 0) is 11.3 Å². The van der Waals surface area contributed by atoms with Gasteiger partial charge in [0.2, 0.25) is 5.95 Å². The molecule has 4 aromatic rings. The SMILES string of the molecule is O=C(Nc1nnn[nH]1)c1cnc2sc3cc4c(cc3n2c1=O)OOCC4. The van der Waals surface area contributed by atoms with Gasteiger partial charge in [0.15, 0.2) is 10.7 Å². The van der Waals surface area contributed by atoms with E-state index in [0.29, 0.717) is 22.8 Å². The molecule has 26 heavy (non-hydrogen) atoms. The maximum Gasteiger partial charge on any atom is 0.271 e. The van der Waals surface area contributed by atoms with Gasteiger partial charge >= 0.3 is 0 Å². The molecule has 0 bridgehead atoms. The number of hydrogen-bond acceptors (Lipinski definition) is 9. The molecular formula is C14H9N7O4S. The van der Waals surface area contributed by atoms with E-state index in [1.807, 2.05) is 6.07 Å². The number of carbonyl (C=O) groups excluding carboxylic acids is 1. The molecule has 0 spiro atoms. The van der Waals surface area contributed by atoms with Gasteiger partial charge in [0.25, 0.3) is 11.5 Å². The molecule has 0 saturated heterocycles. The number of H-pyrrole nitrogens is 1. The Labute approximate surface area is 147 Å². The van der Waals surface area contributed by atoms with E-state index in [0.717, 1.165) is 16.7 Å². The van der Waals surface area contributed by atoms with Crippen molar-refractivity contribution in [3.05, 3.63) is 39.8 Å². The molecule has 0 fully saturated rings. The quantitative estimate of drug-likeness (QED) is 0.487. The zero-order valence-corrected chi connectivity index (χ0v) is 13.7. The molecule has 12 heteroatoms. The average Bonchev–Trinajstić information content (AvgIpc) is 3.27. The van der Waals surface area contributed by atoms with E-state index < -0.39 is 11.5 Å². The first-order chi connectivity index (χ1) is 12.7. The second kappa shape index (κ2) is 5.57. The summed E-state index contributed by atoms with van der Waals surface area (Å²) in [5, 5.41) is 15.1. The van der Waals surface area contributed by atoms with Crippen molar-refractivity contribution < 1.29 is 14.6 Å². The van der Waals surface area contributed by atoms with Gasteiger partial charge < -0.3 is 4.89 Å². The number of anilines is 1. The van der Waals surface area contributed by atoms with Gasteiger partial charge in [0.05, 0.1) is 16.8 Å². The topological polar surface area (TPSA) is 136 Å². The normalized spacial score (nSPS) is 13.5. The second-order valence-corrected chi connectivity index (χ2v) is 6.49. The summed E-state index contributed by atoms with van der Waals surface area (Å²) in [6.45, 7) is 0.475. The lowest BCUT2D eigenvalue weighted by atomic mass is 10.1. The molecule has 3 aromatic heterocycles. The highest BCUT2D eigenvalue weighted by Gasteiger charge is 2.20. The summed E-state index contributed by atoms with van der Waals surface area (Å²) < 4.78 is 2.25. The number of carbonyl (C=O) groups is 1. The predicted molar refractivity (Wildman–Crippen MR) is 89.3 cm³/mol. The van der Waals surface area contributed by atoms with Gasteiger partial charge in [-0.25, -0.2) is 10.1 Å². The summed E-state index contributed by atoms with van der Waals surface area (Å²) in [5.74, 6) is -0.0698. The summed E-state index contributed by atoms with van der Waals surface area (Å²) in [6, 6.07) is 3.67. The largest absolute Gasteiger partial charge is 0.337 e. The van der Waals surface area contributed by atoms with Crippen LogP contribution in [0.15, 0.2) is 23.1 Å². The molecule has 1 aromatic carbocycles. The first-order valence-corrected chi connectivity index (χ1v) is 8.34. The van der Waals surface area contributed by atoms with Crippen molar-refractivity contribution in [2.24, 2.45) is 0 Å². The van der Waals surface area contributed by atoms with Gasteiger partial charge in [-0.05, 0) is 16.5 Å². The average molecular weight is 371 g/mol. The molecule has 130 valence electrons. The van der Waals surface area contributed by atoms with Gasteiger partial charge in [-0.2, -0.15) is 4.89 Å². The first kappa shape index (κ1) is 14.9. The summed E-state index contributed by atoms with van der Waals surface area (Å²) in [4.78, 5) is 40.1. The van der Waals surface area contributed by atoms with Gasteiger partial charge in [-0.3, -0.25) is 19.3 Å². The van der Waals surface area contributed by atoms with Crippen LogP contribution in [0, 0.1) is 0 Å². The van der Waals surface area contributed by atoms with Crippen LogP contribution in [0.5, 0.6) is 5.75 Å². The Morgan fingerprint density at radius 1 is 1.38 bits per heavy atom. The minimum Gasteiger partial charge on any atom is -0.337 e. The standard InChI is InChI=1S/C14H9N7O4S/c22-11(16-13-17-19-20-18-13)7-5-15-14-21(12(7)23)8-4-9-6(1-2-24-25-9)3-10(8)26-14/h3-5H,1-2H2,(H2,16,17,18,19,20,22). The van der Waals surface area contributed by atoms with Crippen LogP contribution in [-0.4, -0.2) is 42.5 Å². The third-order valence-corrected chi connectivity index (χ3v) is 4.96. The van der Waals surface area contributed by atoms with Crippen molar-refractivity contribution in [1.29, 1.82) is 0 Å². The molecule has 4 heterocycles. The van der Waals surface area contributed by atoms with Crippen LogP contribution < -0.4 is 15.8 Å². The number of amides is 1. The van der Waals surface area contributed by atoms with Gasteiger partial charge in [0, 0.05) is 24.2 Å². The van der Waals surface area contributed by atoms with E-state index in [1.165, 1.54) is 21.9 Å². The number of nitrogens with one attached hydrogen (secondary N) is 2. The van der Waals surface area contributed by atoms with Crippen LogP contribution in [0.1, 0.15) is 15.9 Å². The Morgan fingerprint density at radius 2 is 2.31 bits per heavy atom. The van der Waals surface area contributed by atoms with Crippen molar-refractivity contribution in [1.82, 2.24) is 30.0 Å². The fourth-order valence-electron chi connectivity index (χ4n) is 2.74. The van der Waals surface area contributed by atoms with E-state index in [2.05, 4.69) is 30.9 Å². The number of aromatic amines is 1. The molecule has 2 N–H and O–H groups in total. The van der Waals surface area contributed by atoms with Crippen molar-refractivity contribution in [3.8, 4) is 5.75 Å². The van der Waals surface area contributed by atoms with E-state index in [9.17, 15) is 9.59 Å². The summed E-state index contributed by atoms with van der Waals surface area (Å²) >= 11 is 1.36. The molecule has 1 amide bonds. The molecule has 1 aliphatic rings. The van der Waals surface area contributed by atoms with Gasteiger partial charge in [-0.1, -0.05) is 16.4 Å². The van der Waals surface area contributed by atoms with Crippen molar-refractivity contribution in [3.63, 3.8) is 0 Å². The first-order valence-electron chi connectivity index (χ1n) is 7.52. The van der Waals surface area contributed by atoms with Crippen LogP contribution >= 0.6 is 11.3 Å². The maximum absolute atomic E-state index is 12.9. The number of thiazole rings is 1. The number of aromatic nitrogens is 6. The zero-order chi connectivity index (χ0) is 17.7. The molecule has 0 aliphatic carbocycles. The highest BCUT2D eigenvalue weighted by molar-refractivity contribution is 7.23. The van der Waals surface area contributed by atoms with Gasteiger partial charge in [0.1, 0.15) is 5.56 Å². The summed E-state index contributed by atoms with van der Waals surface area (Å²) in [6.07, 6.45) is 1.96. The second-order valence-electron chi connectivity index (χ2n) is 5.48. The smallest absolute Gasteiger partial charge is 0.271 e. The predicted octanol–water partition coefficient (Wildman–Crippen LogP) is 0.541. The van der Waals surface area contributed by atoms with Crippen LogP contribution in [0.2, 0.25) is 0 Å². The van der Waals surface area contributed by atoms with E-state index in [1.54, 1.807) is 6.07 Å². The third kappa shape index (κ3) is 2.23. The molecule has 1 aliphatic heterocycles. The fourth-order valence-corrected chi connectivity index (χ4v) is 3.77. The lowest BCUT2D eigenvalue weighted by molar-refractivity contribution is -0.215. The Hall–Kier alpha value is -3.38. The van der Waals surface area contributed by atoms with Gasteiger partial charge in [-0.15, -0.1) is 0 Å². The van der Waals surface area contributed by atoms with Crippen molar-refractivity contribution >= 4 is 38.4 Å². The zero-order valence-electron chi connectivity index (χ0n) is 12.9. The van der Waals surface area contributed by atoms with Crippen molar-refractivity contribution in [2.75, 3.05) is 11.9 Å². The Bertz CT molecular complexity index is 1210. The summed E-state index contributed by atoms with van der Waals surface area (Å²) in [5.41, 5.74) is 0.971. The number of hydrogen-bond donors (Lipinski definition) is 2. The molecule has 5 rings (SSSR count). The Morgan fingerprint density at radius 3 is 3.15 bits per heavy atom. The molecule has 11 nitrogen and oxygen atoms in total. The molecule has 0 unspecified atom stereocenters. The minimum atomic E-state index is -0.660.